The quantitative estimate of drug-likeness (QED) is 0.626. The van der Waals surface area contributed by atoms with E-state index in [2.05, 4.69) is 20.0 Å². The molecule has 0 atom stereocenters. The SMILES string of the molecule is CCCOCCCNS(=O)(=O)c1cnc(NCC)nc1. The molecule has 0 aliphatic heterocycles. The summed E-state index contributed by atoms with van der Waals surface area (Å²) in [5.74, 6) is 0.416. The van der Waals surface area contributed by atoms with Crippen LogP contribution < -0.4 is 10.0 Å². The van der Waals surface area contributed by atoms with Crippen molar-refractivity contribution in [2.45, 2.75) is 31.6 Å². The first-order valence-corrected chi connectivity index (χ1v) is 8.21. The zero-order chi connectivity index (χ0) is 14.8. The van der Waals surface area contributed by atoms with E-state index in [0.29, 0.717) is 38.7 Å². The first-order chi connectivity index (χ1) is 9.60. The minimum Gasteiger partial charge on any atom is -0.381 e. The van der Waals surface area contributed by atoms with Gasteiger partial charge in [-0.15, -0.1) is 0 Å². The van der Waals surface area contributed by atoms with E-state index in [1.54, 1.807) is 0 Å². The van der Waals surface area contributed by atoms with Gasteiger partial charge in [-0.1, -0.05) is 6.92 Å². The summed E-state index contributed by atoms with van der Waals surface area (Å²) in [5, 5.41) is 2.90. The van der Waals surface area contributed by atoms with E-state index in [1.807, 2.05) is 13.8 Å². The average Bonchev–Trinajstić information content (AvgIpc) is 2.44. The topological polar surface area (TPSA) is 93.2 Å². The summed E-state index contributed by atoms with van der Waals surface area (Å²) in [4.78, 5) is 7.94. The number of nitrogens with one attached hydrogen (secondary N) is 2. The van der Waals surface area contributed by atoms with Gasteiger partial charge < -0.3 is 10.1 Å². The molecule has 0 aliphatic rings. The lowest BCUT2D eigenvalue weighted by Crippen LogP contribution is -2.26. The summed E-state index contributed by atoms with van der Waals surface area (Å²) < 4.78 is 31.6. The first kappa shape index (κ1) is 16.8. The van der Waals surface area contributed by atoms with Crippen LogP contribution >= 0.6 is 0 Å². The molecule has 20 heavy (non-hydrogen) atoms. The molecule has 1 heterocycles. The zero-order valence-corrected chi connectivity index (χ0v) is 12.7. The second-order valence-electron chi connectivity index (χ2n) is 4.14. The number of hydrogen-bond donors (Lipinski definition) is 2. The highest BCUT2D eigenvalue weighted by Gasteiger charge is 2.14. The normalized spacial score (nSPS) is 11.5. The maximum atomic E-state index is 11.9. The van der Waals surface area contributed by atoms with Gasteiger partial charge in [0, 0.05) is 26.3 Å². The lowest BCUT2D eigenvalue weighted by molar-refractivity contribution is 0.133. The number of nitrogens with zero attached hydrogens (tertiary/aromatic N) is 2. The highest BCUT2D eigenvalue weighted by Crippen LogP contribution is 2.07. The summed E-state index contributed by atoms with van der Waals surface area (Å²) >= 11 is 0. The summed E-state index contributed by atoms with van der Waals surface area (Å²) in [7, 11) is -3.54. The maximum Gasteiger partial charge on any atom is 0.243 e. The molecule has 0 radical (unpaired) electrons. The molecule has 1 rings (SSSR count). The predicted molar refractivity (Wildman–Crippen MR) is 77.1 cm³/mol. The molecule has 0 aromatic carbocycles. The van der Waals surface area contributed by atoms with E-state index in [0.717, 1.165) is 6.42 Å². The monoisotopic (exact) mass is 302 g/mol. The lowest BCUT2D eigenvalue weighted by Gasteiger charge is -2.07. The number of anilines is 1. The standard InChI is InChI=1S/C12H22N4O3S/c1-3-7-19-8-5-6-16-20(17,18)11-9-14-12(13-4-2)15-10-11/h9-10,16H,3-8H2,1-2H3,(H,13,14,15). The molecule has 0 unspecified atom stereocenters. The van der Waals surface area contributed by atoms with Crippen molar-refractivity contribution in [2.75, 3.05) is 31.6 Å². The number of ether oxygens (including phenoxy) is 1. The Labute approximate surface area is 120 Å². The van der Waals surface area contributed by atoms with Crippen LogP contribution in [0.3, 0.4) is 0 Å². The number of aromatic nitrogens is 2. The highest BCUT2D eigenvalue weighted by atomic mass is 32.2. The molecule has 0 amide bonds. The molecule has 8 heteroatoms. The average molecular weight is 302 g/mol. The Bertz CT molecular complexity index is 476. The van der Waals surface area contributed by atoms with Gasteiger partial charge >= 0.3 is 0 Å². The minimum atomic E-state index is -3.54. The van der Waals surface area contributed by atoms with Crippen LogP contribution in [0.15, 0.2) is 17.3 Å². The van der Waals surface area contributed by atoms with E-state index in [9.17, 15) is 8.42 Å². The van der Waals surface area contributed by atoms with Crippen LogP contribution in [0.1, 0.15) is 26.7 Å². The summed E-state index contributed by atoms with van der Waals surface area (Å²) in [6.45, 7) is 6.21. The van der Waals surface area contributed by atoms with Crippen LogP contribution in [-0.2, 0) is 14.8 Å². The molecule has 0 spiro atoms. The Morgan fingerprint density at radius 1 is 1.20 bits per heavy atom. The summed E-state index contributed by atoms with van der Waals surface area (Å²) in [6, 6.07) is 0. The summed E-state index contributed by atoms with van der Waals surface area (Å²) in [6.07, 6.45) is 4.18. The molecule has 1 aromatic heterocycles. The molecule has 1 aromatic rings. The Morgan fingerprint density at radius 3 is 2.50 bits per heavy atom. The number of hydrogen-bond acceptors (Lipinski definition) is 6. The fourth-order valence-electron chi connectivity index (χ4n) is 1.41. The fraction of sp³-hybridized carbons (Fsp3) is 0.667. The van der Waals surface area contributed by atoms with Crippen LogP contribution in [-0.4, -0.2) is 44.7 Å². The van der Waals surface area contributed by atoms with Gasteiger partial charge in [0.05, 0.1) is 12.4 Å². The van der Waals surface area contributed by atoms with Gasteiger partial charge in [0.2, 0.25) is 16.0 Å². The third-order valence-corrected chi connectivity index (χ3v) is 3.79. The van der Waals surface area contributed by atoms with E-state index < -0.39 is 10.0 Å². The third kappa shape index (κ3) is 5.81. The predicted octanol–water partition coefficient (Wildman–Crippen LogP) is 1.00. The second-order valence-corrected chi connectivity index (χ2v) is 5.90. The van der Waals surface area contributed by atoms with Crippen molar-refractivity contribution in [2.24, 2.45) is 0 Å². The molecular weight excluding hydrogens is 280 g/mol. The van der Waals surface area contributed by atoms with E-state index >= 15 is 0 Å². The van der Waals surface area contributed by atoms with Crippen LogP contribution in [0, 0.1) is 0 Å². The molecule has 7 nitrogen and oxygen atoms in total. The summed E-state index contributed by atoms with van der Waals surface area (Å²) in [5.41, 5.74) is 0. The molecule has 0 fully saturated rings. The largest absolute Gasteiger partial charge is 0.381 e. The molecule has 0 saturated carbocycles. The van der Waals surface area contributed by atoms with Gasteiger partial charge in [-0.2, -0.15) is 0 Å². The second kappa shape index (κ2) is 8.83. The molecule has 0 aliphatic carbocycles. The molecule has 114 valence electrons. The zero-order valence-electron chi connectivity index (χ0n) is 11.9. The van der Waals surface area contributed by atoms with Crippen molar-refractivity contribution in [1.29, 1.82) is 0 Å². The molecule has 2 N–H and O–H groups in total. The van der Waals surface area contributed by atoms with Crippen molar-refractivity contribution in [1.82, 2.24) is 14.7 Å². The van der Waals surface area contributed by atoms with Gasteiger partial charge in [0.25, 0.3) is 0 Å². The Balaban J connectivity index is 2.43. The van der Waals surface area contributed by atoms with Gasteiger partial charge in [0.15, 0.2) is 0 Å². The molecule has 0 bridgehead atoms. The van der Waals surface area contributed by atoms with Crippen molar-refractivity contribution < 1.29 is 13.2 Å². The van der Waals surface area contributed by atoms with Crippen LogP contribution in [0.25, 0.3) is 0 Å². The fourth-order valence-corrected chi connectivity index (χ4v) is 2.38. The van der Waals surface area contributed by atoms with E-state index in [1.165, 1.54) is 12.4 Å². The van der Waals surface area contributed by atoms with Crippen molar-refractivity contribution in [3.8, 4) is 0 Å². The Hall–Kier alpha value is -1.25. The number of rotatable bonds is 10. The molecule has 0 saturated heterocycles. The maximum absolute atomic E-state index is 11.9. The lowest BCUT2D eigenvalue weighted by atomic mass is 10.4. The minimum absolute atomic E-state index is 0.0635. The third-order valence-electron chi connectivity index (χ3n) is 2.38. The smallest absolute Gasteiger partial charge is 0.243 e. The van der Waals surface area contributed by atoms with Gasteiger partial charge in [-0.25, -0.2) is 23.1 Å². The first-order valence-electron chi connectivity index (χ1n) is 6.73. The van der Waals surface area contributed by atoms with Gasteiger partial charge in [-0.3, -0.25) is 0 Å². The van der Waals surface area contributed by atoms with Crippen molar-refractivity contribution in [3.05, 3.63) is 12.4 Å². The van der Waals surface area contributed by atoms with Crippen molar-refractivity contribution in [3.63, 3.8) is 0 Å². The van der Waals surface area contributed by atoms with Crippen LogP contribution in [0.4, 0.5) is 5.95 Å². The van der Waals surface area contributed by atoms with Gasteiger partial charge in [-0.05, 0) is 19.8 Å². The number of sulfonamides is 1. The van der Waals surface area contributed by atoms with Gasteiger partial charge in [0.1, 0.15) is 4.90 Å². The Kier molecular flexibility index (Phi) is 7.42. The Morgan fingerprint density at radius 2 is 1.90 bits per heavy atom. The van der Waals surface area contributed by atoms with Crippen molar-refractivity contribution >= 4 is 16.0 Å². The van der Waals surface area contributed by atoms with E-state index in [-0.39, 0.29) is 4.90 Å². The molecular formula is C12H22N4O3S. The van der Waals surface area contributed by atoms with E-state index in [4.69, 9.17) is 4.74 Å². The highest BCUT2D eigenvalue weighted by molar-refractivity contribution is 7.89. The van der Waals surface area contributed by atoms with Crippen LogP contribution in [0.2, 0.25) is 0 Å². The van der Waals surface area contributed by atoms with Crippen LogP contribution in [0.5, 0.6) is 0 Å².